The number of nitrogens with two attached hydrogens (primary N) is 1. The average Bonchev–Trinajstić information content (AvgIpc) is 2.74. The predicted molar refractivity (Wildman–Crippen MR) is 57.3 cm³/mol. The molecule has 0 aromatic carbocycles. The number of hydrazine groups is 1. The molecule has 0 aliphatic heterocycles. The number of ether oxygens (including phenoxy) is 1. The van der Waals surface area contributed by atoms with Gasteiger partial charge in [0.05, 0.1) is 6.10 Å². The third-order valence-corrected chi connectivity index (χ3v) is 2.13. The maximum Gasteiger partial charge on any atom is 0.287 e. The smallest absolute Gasteiger partial charge is 0.287 e. The van der Waals surface area contributed by atoms with Crippen LogP contribution in [0.1, 0.15) is 42.9 Å². The number of hydrogen-bond donors (Lipinski definition) is 2. The second-order valence-corrected chi connectivity index (χ2v) is 3.56. The van der Waals surface area contributed by atoms with Crippen molar-refractivity contribution in [1.82, 2.24) is 10.6 Å². The summed E-state index contributed by atoms with van der Waals surface area (Å²) in [5, 5.41) is 3.56. The van der Waals surface area contributed by atoms with Crippen molar-refractivity contribution < 1.29 is 14.1 Å². The third-order valence-electron chi connectivity index (χ3n) is 2.13. The van der Waals surface area contributed by atoms with Gasteiger partial charge in [-0.2, -0.15) is 0 Å². The van der Waals surface area contributed by atoms with Crippen molar-refractivity contribution >= 4 is 5.91 Å². The highest BCUT2D eigenvalue weighted by Crippen LogP contribution is 2.08. The van der Waals surface area contributed by atoms with Gasteiger partial charge in [-0.15, -0.1) is 0 Å². The molecule has 0 spiro atoms. The molecule has 1 heterocycles. The molecule has 0 saturated heterocycles. The molecule has 1 aromatic heterocycles. The molecule has 0 bridgehead atoms. The zero-order valence-corrected chi connectivity index (χ0v) is 9.53. The van der Waals surface area contributed by atoms with Crippen LogP contribution in [-0.4, -0.2) is 17.2 Å². The minimum absolute atomic E-state index is 0.157. The highest BCUT2D eigenvalue weighted by Gasteiger charge is 2.11. The number of hydrogen-bond acceptors (Lipinski definition) is 5. The molecule has 1 rings (SSSR count). The van der Waals surface area contributed by atoms with Gasteiger partial charge in [0.15, 0.2) is 11.5 Å². The Hall–Kier alpha value is -1.40. The fraction of sp³-hybridized carbons (Fsp3) is 0.600. The molecular weight excluding hydrogens is 210 g/mol. The van der Waals surface area contributed by atoms with Gasteiger partial charge in [-0.3, -0.25) is 10.2 Å². The zero-order chi connectivity index (χ0) is 12.0. The molecule has 0 aliphatic carbocycles. The lowest BCUT2D eigenvalue weighted by atomic mass is 10.2. The second-order valence-electron chi connectivity index (χ2n) is 3.56. The summed E-state index contributed by atoms with van der Waals surface area (Å²) in [6.07, 6.45) is 2.23. The van der Waals surface area contributed by atoms with Crippen molar-refractivity contribution in [2.45, 2.75) is 39.4 Å². The largest absolute Gasteiger partial charge is 0.370 e. The molecule has 1 amide bonds. The first-order valence-electron chi connectivity index (χ1n) is 5.25. The normalized spacial score (nSPS) is 12.4. The molecule has 3 N–H and O–H groups in total. The van der Waals surface area contributed by atoms with Crippen LogP contribution < -0.4 is 11.3 Å². The number of nitrogens with one attached hydrogen (secondary N) is 1. The van der Waals surface area contributed by atoms with Gasteiger partial charge in [-0.25, -0.2) is 5.84 Å². The lowest BCUT2D eigenvalue weighted by molar-refractivity contribution is 0.0344. The molecule has 90 valence electrons. The fourth-order valence-electron chi connectivity index (χ4n) is 1.28. The highest BCUT2D eigenvalue weighted by atomic mass is 16.5. The van der Waals surface area contributed by atoms with E-state index in [0.29, 0.717) is 12.4 Å². The summed E-state index contributed by atoms with van der Waals surface area (Å²) in [6, 6.07) is 1.51. The van der Waals surface area contributed by atoms with Crippen LogP contribution in [0, 0.1) is 0 Å². The van der Waals surface area contributed by atoms with Crippen molar-refractivity contribution in [2.24, 2.45) is 5.84 Å². The standard InChI is InChI=1S/C10H17N3O3/c1-3-4-7(2)15-6-8-5-9(13-16-8)10(14)12-11/h5,7H,3-4,6,11H2,1-2H3,(H,12,14). The number of nitrogen functional groups attached to an aromatic ring is 1. The molecule has 0 fully saturated rings. The maximum absolute atomic E-state index is 11.1. The number of amides is 1. The number of nitrogens with zero attached hydrogens (tertiary/aromatic N) is 1. The van der Waals surface area contributed by atoms with E-state index in [0.717, 1.165) is 12.8 Å². The third kappa shape index (κ3) is 3.63. The fourth-order valence-corrected chi connectivity index (χ4v) is 1.28. The van der Waals surface area contributed by atoms with Crippen LogP contribution in [0.5, 0.6) is 0 Å². The number of carbonyl (C=O) groups excluding carboxylic acids is 1. The summed E-state index contributed by atoms with van der Waals surface area (Å²) in [5.41, 5.74) is 2.13. The Morgan fingerprint density at radius 2 is 2.50 bits per heavy atom. The summed E-state index contributed by atoms with van der Waals surface area (Å²) in [6.45, 7) is 4.40. The maximum atomic E-state index is 11.1. The Bertz CT molecular complexity index is 338. The van der Waals surface area contributed by atoms with E-state index in [9.17, 15) is 4.79 Å². The average molecular weight is 227 g/mol. The number of rotatable bonds is 6. The molecule has 1 aromatic rings. The first-order chi connectivity index (χ1) is 7.67. The van der Waals surface area contributed by atoms with E-state index in [2.05, 4.69) is 12.1 Å². The van der Waals surface area contributed by atoms with E-state index >= 15 is 0 Å². The molecule has 6 nitrogen and oxygen atoms in total. The first-order valence-corrected chi connectivity index (χ1v) is 5.25. The van der Waals surface area contributed by atoms with Gasteiger partial charge >= 0.3 is 0 Å². The van der Waals surface area contributed by atoms with E-state index in [1.54, 1.807) is 0 Å². The van der Waals surface area contributed by atoms with Crippen LogP contribution in [0.2, 0.25) is 0 Å². The van der Waals surface area contributed by atoms with Crippen LogP contribution in [0.3, 0.4) is 0 Å². The SMILES string of the molecule is CCCC(C)OCc1cc(C(=O)NN)no1. The van der Waals surface area contributed by atoms with E-state index in [-0.39, 0.29) is 11.8 Å². The van der Waals surface area contributed by atoms with E-state index in [1.165, 1.54) is 6.07 Å². The predicted octanol–water partition coefficient (Wildman–Crippen LogP) is 0.983. The van der Waals surface area contributed by atoms with Gasteiger partial charge in [0.1, 0.15) is 6.61 Å². The van der Waals surface area contributed by atoms with Crippen molar-refractivity contribution in [3.63, 3.8) is 0 Å². The Balaban J connectivity index is 2.43. The van der Waals surface area contributed by atoms with Gasteiger partial charge in [-0.1, -0.05) is 18.5 Å². The van der Waals surface area contributed by atoms with Crippen molar-refractivity contribution in [2.75, 3.05) is 0 Å². The van der Waals surface area contributed by atoms with Gasteiger partial charge in [-0.05, 0) is 13.3 Å². The van der Waals surface area contributed by atoms with Gasteiger partial charge in [0.25, 0.3) is 5.91 Å². The number of carbonyl (C=O) groups is 1. The van der Waals surface area contributed by atoms with Crippen molar-refractivity contribution in [3.05, 3.63) is 17.5 Å². The topological polar surface area (TPSA) is 90.4 Å². The monoisotopic (exact) mass is 227 g/mol. The van der Waals surface area contributed by atoms with Gasteiger partial charge in [0, 0.05) is 6.07 Å². The number of aromatic nitrogens is 1. The van der Waals surface area contributed by atoms with Crippen LogP contribution in [0.25, 0.3) is 0 Å². The van der Waals surface area contributed by atoms with Gasteiger partial charge in [0.2, 0.25) is 0 Å². The summed E-state index contributed by atoms with van der Waals surface area (Å²) < 4.78 is 10.4. The zero-order valence-electron chi connectivity index (χ0n) is 9.53. The molecule has 0 aliphatic rings. The molecule has 1 unspecified atom stereocenters. The molecule has 0 radical (unpaired) electrons. The van der Waals surface area contributed by atoms with Crippen molar-refractivity contribution in [1.29, 1.82) is 0 Å². The molecular formula is C10H17N3O3. The summed E-state index contributed by atoms with van der Waals surface area (Å²) in [4.78, 5) is 11.1. The minimum atomic E-state index is -0.475. The Morgan fingerprint density at radius 1 is 1.75 bits per heavy atom. The van der Waals surface area contributed by atoms with Crippen LogP contribution in [0.15, 0.2) is 10.6 Å². The van der Waals surface area contributed by atoms with Crippen LogP contribution in [-0.2, 0) is 11.3 Å². The van der Waals surface area contributed by atoms with Crippen LogP contribution in [0.4, 0.5) is 0 Å². The van der Waals surface area contributed by atoms with E-state index in [1.807, 2.05) is 12.3 Å². The van der Waals surface area contributed by atoms with Crippen molar-refractivity contribution in [3.8, 4) is 0 Å². The summed E-state index contributed by atoms with van der Waals surface area (Å²) in [5.74, 6) is 5.00. The first kappa shape index (κ1) is 12.7. The lowest BCUT2D eigenvalue weighted by Crippen LogP contribution is -2.30. The molecule has 1 atom stereocenters. The highest BCUT2D eigenvalue weighted by molar-refractivity contribution is 5.91. The lowest BCUT2D eigenvalue weighted by Gasteiger charge is -2.09. The molecule has 6 heteroatoms. The van der Waals surface area contributed by atoms with Crippen LogP contribution >= 0.6 is 0 Å². The quantitative estimate of drug-likeness (QED) is 0.429. The van der Waals surface area contributed by atoms with E-state index in [4.69, 9.17) is 15.1 Å². The second kappa shape index (κ2) is 6.24. The Kier molecular flexibility index (Phi) is 4.94. The van der Waals surface area contributed by atoms with Gasteiger partial charge < -0.3 is 9.26 Å². The Labute approximate surface area is 94.1 Å². The molecule has 16 heavy (non-hydrogen) atoms. The minimum Gasteiger partial charge on any atom is -0.370 e. The Morgan fingerprint density at radius 3 is 3.12 bits per heavy atom. The summed E-state index contributed by atoms with van der Waals surface area (Å²) in [7, 11) is 0. The van der Waals surface area contributed by atoms with E-state index < -0.39 is 5.91 Å². The molecule has 0 saturated carbocycles. The summed E-state index contributed by atoms with van der Waals surface area (Å²) >= 11 is 0.